The summed E-state index contributed by atoms with van der Waals surface area (Å²) < 4.78 is 5.62. The molecule has 214 valence electrons. The van der Waals surface area contributed by atoms with Gasteiger partial charge in [0, 0.05) is 6.54 Å². The number of hydrogen-bond donors (Lipinski definition) is 3. The molecule has 0 bridgehead atoms. The lowest BCUT2D eigenvalue weighted by Gasteiger charge is -2.40. The van der Waals surface area contributed by atoms with Crippen LogP contribution in [0.5, 0.6) is 0 Å². The molecule has 2 unspecified atom stereocenters. The first-order chi connectivity index (χ1) is 18.3. The highest BCUT2D eigenvalue weighted by Gasteiger charge is 2.39. The van der Waals surface area contributed by atoms with Crippen LogP contribution in [0.1, 0.15) is 83.6 Å². The predicted molar refractivity (Wildman–Crippen MR) is 153 cm³/mol. The molecule has 2 aromatic rings. The number of aliphatic hydroxyl groups excluding tert-OH is 2. The first-order valence-electron chi connectivity index (χ1n) is 14.0. The standard InChI is InChI=1S/C32H46N2O5/c1-31(2,3)25-16-14-22(15-17-25)12-13-23-18-19-34(30(38)39-32(4,5)6)27(20-23)29(37)33-26(21-35)28(36)24-10-8-7-9-11-24/h7-11,14-17,23,26-28,35-36H,12-13,18-21H2,1-6H3,(H,33,37)/t23?,26-,27?,28-/m1/s1. The summed E-state index contributed by atoms with van der Waals surface area (Å²) in [6, 6.07) is 16.0. The maximum absolute atomic E-state index is 13.6. The highest BCUT2D eigenvalue weighted by molar-refractivity contribution is 5.86. The molecule has 1 aliphatic rings. The molecule has 4 atom stereocenters. The van der Waals surface area contributed by atoms with Gasteiger partial charge in [-0.05, 0) is 74.5 Å². The molecule has 3 N–H and O–H groups in total. The van der Waals surface area contributed by atoms with Crippen LogP contribution in [0.3, 0.4) is 0 Å². The monoisotopic (exact) mass is 538 g/mol. The summed E-state index contributed by atoms with van der Waals surface area (Å²) in [6.45, 7) is 12.0. The van der Waals surface area contributed by atoms with E-state index in [9.17, 15) is 19.8 Å². The van der Waals surface area contributed by atoms with Crippen molar-refractivity contribution in [1.82, 2.24) is 10.2 Å². The van der Waals surface area contributed by atoms with Gasteiger partial charge in [0.15, 0.2) is 0 Å². The van der Waals surface area contributed by atoms with Gasteiger partial charge in [0.1, 0.15) is 17.7 Å². The largest absolute Gasteiger partial charge is 0.444 e. The molecule has 3 rings (SSSR count). The van der Waals surface area contributed by atoms with E-state index in [2.05, 4.69) is 50.4 Å². The lowest BCUT2D eigenvalue weighted by molar-refractivity contribution is -0.130. The van der Waals surface area contributed by atoms with E-state index in [1.165, 1.54) is 16.0 Å². The Morgan fingerprint density at radius 2 is 1.67 bits per heavy atom. The summed E-state index contributed by atoms with van der Waals surface area (Å²) in [7, 11) is 0. The van der Waals surface area contributed by atoms with Crippen molar-refractivity contribution in [1.29, 1.82) is 0 Å². The molecule has 7 heteroatoms. The second kappa shape index (κ2) is 13.0. The Morgan fingerprint density at radius 3 is 2.23 bits per heavy atom. The van der Waals surface area contributed by atoms with Gasteiger partial charge in [0.25, 0.3) is 0 Å². The van der Waals surface area contributed by atoms with Gasteiger partial charge >= 0.3 is 6.09 Å². The van der Waals surface area contributed by atoms with Crippen LogP contribution in [0.4, 0.5) is 4.79 Å². The van der Waals surface area contributed by atoms with Crippen molar-refractivity contribution in [2.45, 2.75) is 96.4 Å². The van der Waals surface area contributed by atoms with Crippen LogP contribution in [-0.4, -0.2) is 57.9 Å². The Labute approximate surface area is 233 Å². The third-order valence-electron chi connectivity index (χ3n) is 7.35. The average Bonchev–Trinajstić information content (AvgIpc) is 2.89. The maximum Gasteiger partial charge on any atom is 0.410 e. The number of hydrogen-bond acceptors (Lipinski definition) is 5. The van der Waals surface area contributed by atoms with Crippen LogP contribution in [0, 0.1) is 5.92 Å². The summed E-state index contributed by atoms with van der Waals surface area (Å²) in [5.41, 5.74) is 2.56. The van der Waals surface area contributed by atoms with Gasteiger partial charge in [-0.15, -0.1) is 0 Å². The zero-order valence-electron chi connectivity index (χ0n) is 24.3. The summed E-state index contributed by atoms with van der Waals surface area (Å²) >= 11 is 0. The molecule has 1 fully saturated rings. The first kappa shape index (κ1) is 30.6. The van der Waals surface area contributed by atoms with Crippen molar-refractivity contribution in [2.75, 3.05) is 13.2 Å². The molecular weight excluding hydrogens is 492 g/mol. The Morgan fingerprint density at radius 1 is 1.03 bits per heavy atom. The Bertz CT molecular complexity index is 1070. The molecule has 0 saturated carbocycles. The van der Waals surface area contributed by atoms with Gasteiger partial charge in [-0.3, -0.25) is 9.69 Å². The number of amides is 2. The van der Waals surface area contributed by atoms with Crippen molar-refractivity contribution >= 4 is 12.0 Å². The van der Waals surface area contributed by atoms with Gasteiger partial charge in [0.05, 0.1) is 12.6 Å². The zero-order valence-corrected chi connectivity index (χ0v) is 24.3. The summed E-state index contributed by atoms with van der Waals surface area (Å²) in [5, 5.41) is 23.6. The second-order valence-electron chi connectivity index (χ2n) is 12.7. The Kier molecular flexibility index (Phi) is 10.2. The molecule has 1 aliphatic heterocycles. The van der Waals surface area contributed by atoms with Crippen molar-refractivity contribution in [3.8, 4) is 0 Å². The topological polar surface area (TPSA) is 99.1 Å². The van der Waals surface area contributed by atoms with E-state index in [0.717, 1.165) is 19.3 Å². The molecule has 1 heterocycles. The first-order valence-corrected chi connectivity index (χ1v) is 14.0. The number of ether oxygens (including phenoxy) is 1. The average molecular weight is 539 g/mol. The Hall–Kier alpha value is -2.90. The van der Waals surface area contributed by atoms with Crippen LogP contribution in [-0.2, 0) is 21.4 Å². The van der Waals surface area contributed by atoms with E-state index in [1.54, 1.807) is 45.0 Å². The van der Waals surface area contributed by atoms with Gasteiger partial charge in [-0.25, -0.2) is 4.79 Å². The van der Waals surface area contributed by atoms with Crippen LogP contribution < -0.4 is 5.32 Å². The highest BCUT2D eigenvalue weighted by atomic mass is 16.6. The molecule has 0 aromatic heterocycles. The predicted octanol–water partition coefficient (Wildman–Crippen LogP) is 5.14. The third kappa shape index (κ3) is 8.80. The second-order valence-corrected chi connectivity index (χ2v) is 12.7. The molecule has 0 radical (unpaired) electrons. The summed E-state index contributed by atoms with van der Waals surface area (Å²) in [4.78, 5) is 28.1. The zero-order chi connectivity index (χ0) is 28.8. The van der Waals surface area contributed by atoms with E-state index in [1.807, 2.05) is 6.07 Å². The van der Waals surface area contributed by atoms with E-state index < -0.39 is 42.4 Å². The van der Waals surface area contributed by atoms with Gasteiger partial charge in [-0.2, -0.15) is 0 Å². The molecular formula is C32H46N2O5. The summed E-state index contributed by atoms with van der Waals surface area (Å²) in [6.07, 6.45) is 1.46. The smallest absolute Gasteiger partial charge is 0.410 e. The third-order valence-corrected chi connectivity index (χ3v) is 7.35. The van der Waals surface area contributed by atoms with E-state index in [4.69, 9.17) is 4.74 Å². The van der Waals surface area contributed by atoms with Crippen LogP contribution >= 0.6 is 0 Å². The fourth-order valence-electron chi connectivity index (χ4n) is 5.02. The number of likely N-dealkylation sites (tertiary alicyclic amines) is 1. The number of carbonyl (C=O) groups is 2. The minimum atomic E-state index is -1.08. The maximum atomic E-state index is 13.6. The van der Waals surface area contributed by atoms with Gasteiger partial charge in [-0.1, -0.05) is 75.4 Å². The fourth-order valence-corrected chi connectivity index (χ4v) is 5.02. The van der Waals surface area contributed by atoms with Crippen molar-refractivity contribution in [3.63, 3.8) is 0 Å². The normalized spacial score (nSPS) is 19.7. The van der Waals surface area contributed by atoms with Crippen molar-refractivity contribution in [3.05, 3.63) is 71.3 Å². The summed E-state index contributed by atoms with van der Waals surface area (Å²) in [5.74, 6) is -0.150. The van der Waals surface area contributed by atoms with Crippen molar-refractivity contribution < 1.29 is 24.5 Å². The molecule has 7 nitrogen and oxygen atoms in total. The lowest BCUT2D eigenvalue weighted by Crippen LogP contribution is -2.57. The van der Waals surface area contributed by atoms with Crippen LogP contribution in [0.2, 0.25) is 0 Å². The SMILES string of the molecule is CC(C)(C)OC(=O)N1CCC(CCc2ccc(C(C)(C)C)cc2)CC1C(=O)N[C@H](CO)[C@H](O)c1ccccc1. The number of nitrogens with zero attached hydrogens (tertiary/aromatic N) is 1. The minimum absolute atomic E-state index is 0.105. The number of aryl methyl sites for hydroxylation is 1. The lowest BCUT2D eigenvalue weighted by atomic mass is 9.84. The molecule has 0 spiro atoms. The van der Waals surface area contributed by atoms with Crippen LogP contribution in [0.15, 0.2) is 54.6 Å². The van der Waals surface area contributed by atoms with E-state index in [-0.39, 0.29) is 11.3 Å². The van der Waals surface area contributed by atoms with E-state index >= 15 is 0 Å². The number of benzene rings is 2. The molecule has 0 aliphatic carbocycles. The number of aliphatic hydroxyl groups is 2. The number of piperidine rings is 1. The number of nitrogens with one attached hydrogen (secondary N) is 1. The Balaban J connectivity index is 1.72. The van der Waals surface area contributed by atoms with E-state index in [0.29, 0.717) is 18.5 Å². The van der Waals surface area contributed by atoms with Gasteiger partial charge < -0.3 is 20.3 Å². The highest BCUT2D eigenvalue weighted by Crippen LogP contribution is 2.30. The fraction of sp³-hybridized carbons (Fsp3) is 0.562. The molecule has 2 aromatic carbocycles. The van der Waals surface area contributed by atoms with Crippen molar-refractivity contribution in [2.24, 2.45) is 5.92 Å². The molecule has 39 heavy (non-hydrogen) atoms. The quantitative estimate of drug-likeness (QED) is 0.432. The molecule has 2 amide bonds. The van der Waals surface area contributed by atoms with Crippen LogP contribution in [0.25, 0.3) is 0 Å². The van der Waals surface area contributed by atoms with Gasteiger partial charge in [0.2, 0.25) is 5.91 Å². The molecule has 1 saturated heterocycles. The minimum Gasteiger partial charge on any atom is -0.444 e. The number of carbonyl (C=O) groups excluding carboxylic acids is 2. The number of rotatable bonds is 8.